The van der Waals surface area contributed by atoms with E-state index in [2.05, 4.69) is 10.4 Å². The van der Waals surface area contributed by atoms with E-state index in [9.17, 15) is 4.79 Å². The molecule has 0 saturated heterocycles. The summed E-state index contributed by atoms with van der Waals surface area (Å²) in [6.07, 6.45) is 4.22. The summed E-state index contributed by atoms with van der Waals surface area (Å²) in [6, 6.07) is 1.64. The molecule has 15 heavy (non-hydrogen) atoms. The minimum Gasteiger partial charge on any atom is -0.354 e. The van der Waals surface area contributed by atoms with E-state index in [1.54, 1.807) is 23.1 Å². The summed E-state index contributed by atoms with van der Waals surface area (Å²) in [7, 11) is 0. The molecule has 0 aromatic carbocycles. The number of amides is 1. The van der Waals surface area contributed by atoms with E-state index in [0.29, 0.717) is 6.54 Å². The van der Waals surface area contributed by atoms with Crippen LogP contribution in [0.25, 0.3) is 0 Å². The first-order chi connectivity index (χ1) is 7.11. The lowest BCUT2D eigenvalue weighted by Gasteiger charge is -2.13. The molecule has 1 aromatic heterocycles. The van der Waals surface area contributed by atoms with Crippen LogP contribution in [0.1, 0.15) is 26.3 Å². The Morgan fingerprint density at radius 1 is 1.60 bits per heavy atom. The smallest absolute Gasteiger partial charge is 0.244 e. The lowest BCUT2D eigenvalue weighted by atomic mass is 10.2. The van der Waals surface area contributed by atoms with Crippen LogP contribution in [0.3, 0.4) is 0 Å². The van der Waals surface area contributed by atoms with Crippen LogP contribution in [0.4, 0.5) is 0 Å². The number of carbonyl (C=O) groups excluding carboxylic acids is 1. The molecule has 0 spiro atoms. The minimum atomic E-state index is -0.270. The van der Waals surface area contributed by atoms with Crippen molar-refractivity contribution in [2.24, 2.45) is 5.73 Å². The fourth-order valence-electron chi connectivity index (χ4n) is 1.20. The van der Waals surface area contributed by atoms with Crippen LogP contribution in [0.2, 0.25) is 0 Å². The van der Waals surface area contributed by atoms with E-state index in [1.165, 1.54) is 0 Å². The zero-order chi connectivity index (χ0) is 11.3. The number of nitrogens with one attached hydrogen (secondary N) is 1. The van der Waals surface area contributed by atoms with Crippen LogP contribution < -0.4 is 11.1 Å². The monoisotopic (exact) mass is 210 g/mol. The molecule has 3 N–H and O–H groups in total. The maximum absolute atomic E-state index is 11.6. The molecule has 5 heteroatoms. The molecule has 2 atom stereocenters. The van der Waals surface area contributed by atoms with Gasteiger partial charge in [-0.2, -0.15) is 5.10 Å². The number of hydrogen-bond donors (Lipinski definition) is 2. The predicted octanol–water partition coefficient (Wildman–Crippen LogP) is 0.298. The number of nitrogens with two attached hydrogens (primary N) is 1. The largest absolute Gasteiger partial charge is 0.354 e. The van der Waals surface area contributed by atoms with Crippen LogP contribution in [0.5, 0.6) is 0 Å². The van der Waals surface area contributed by atoms with Crippen molar-refractivity contribution in [1.29, 1.82) is 0 Å². The van der Waals surface area contributed by atoms with Gasteiger partial charge in [-0.25, -0.2) is 0 Å². The van der Waals surface area contributed by atoms with Crippen molar-refractivity contribution in [2.75, 3.05) is 6.54 Å². The molecule has 1 amide bonds. The van der Waals surface area contributed by atoms with Crippen LogP contribution >= 0.6 is 0 Å². The second kappa shape index (κ2) is 5.50. The van der Waals surface area contributed by atoms with Crippen molar-refractivity contribution in [3.05, 3.63) is 18.5 Å². The Morgan fingerprint density at radius 2 is 2.33 bits per heavy atom. The molecule has 1 heterocycles. The van der Waals surface area contributed by atoms with Crippen LogP contribution in [-0.2, 0) is 4.79 Å². The molecule has 1 aromatic rings. The second-order valence-corrected chi connectivity index (χ2v) is 3.72. The van der Waals surface area contributed by atoms with Gasteiger partial charge in [0.1, 0.15) is 6.04 Å². The molecule has 1 rings (SSSR count). The summed E-state index contributed by atoms with van der Waals surface area (Å²) in [5.74, 6) is -0.0284. The topological polar surface area (TPSA) is 72.9 Å². The molecule has 0 fully saturated rings. The molecule has 2 unspecified atom stereocenters. The molecule has 0 aliphatic heterocycles. The van der Waals surface area contributed by atoms with Crippen molar-refractivity contribution in [1.82, 2.24) is 15.1 Å². The van der Waals surface area contributed by atoms with Gasteiger partial charge < -0.3 is 11.1 Å². The quantitative estimate of drug-likeness (QED) is 0.734. The molecule has 0 radical (unpaired) electrons. The van der Waals surface area contributed by atoms with E-state index in [4.69, 9.17) is 5.73 Å². The second-order valence-electron chi connectivity index (χ2n) is 3.72. The standard InChI is InChI=1S/C10H18N4O/c1-8(11)4-6-12-10(15)9(2)14-7-3-5-13-14/h3,5,7-9H,4,6,11H2,1-2H3,(H,12,15). The van der Waals surface area contributed by atoms with Gasteiger partial charge in [-0.15, -0.1) is 0 Å². The number of aromatic nitrogens is 2. The zero-order valence-corrected chi connectivity index (χ0v) is 9.18. The maximum atomic E-state index is 11.6. The van der Waals surface area contributed by atoms with Crippen molar-refractivity contribution in [3.63, 3.8) is 0 Å². The third-order valence-electron chi connectivity index (χ3n) is 2.20. The van der Waals surface area contributed by atoms with E-state index < -0.39 is 0 Å². The molecular weight excluding hydrogens is 192 g/mol. The zero-order valence-electron chi connectivity index (χ0n) is 9.18. The summed E-state index contributed by atoms with van der Waals surface area (Å²) >= 11 is 0. The fraction of sp³-hybridized carbons (Fsp3) is 0.600. The van der Waals surface area contributed by atoms with Crippen LogP contribution in [0.15, 0.2) is 18.5 Å². The number of hydrogen-bond acceptors (Lipinski definition) is 3. The summed E-state index contributed by atoms with van der Waals surface area (Å²) < 4.78 is 1.63. The van der Waals surface area contributed by atoms with Crippen molar-refractivity contribution in [2.45, 2.75) is 32.4 Å². The molecular formula is C10H18N4O. The normalized spacial score (nSPS) is 14.6. The molecule has 84 valence electrons. The van der Waals surface area contributed by atoms with E-state index >= 15 is 0 Å². The third-order valence-corrected chi connectivity index (χ3v) is 2.20. The molecule has 5 nitrogen and oxygen atoms in total. The molecule has 0 aliphatic rings. The minimum absolute atomic E-state index is 0.0284. The van der Waals surface area contributed by atoms with Gasteiger partial charge in [0.25, 0.3) is 0 Å². The van der Waals surface area contributed by atoms with Gasteiger partial charge in [0.05, 0.1) is 0 Å². The number of rotatable bonds is 5. The van der Waals surface area contributed by atoms with E-state index in [-0.39, 0.29) is 18.0 Å². The predicted molar refractivity (Wildman–Crippen MR) is 58.2 cm³/mol. The van der Waals surface area contributed by atoms with Crippen LogP contribution in [-0.4, -0.2) is 28.3 Å². The summed E-state index contributed by atoms with van der Waals surface area (Å²) in [5.41, 5.74) is 5.58. The van der Waals surface area contributed by atoms with Gasteiger partial charge in [-0.1, -0.05) is 0 Å². The van der Waals surface area contributed by atoms with Gasteiger partial charge in [0, 0.05) is 25.0 Å². The highest BCUT2D eigenvalue weighted by atomic mass is 16.2. The average molecular weight is 210 g/mol. The van der Waals surface area contributed by atoms with Crippen molar-refractivity contribution in [3.8, 4) is 0 Å². The van der Waals surface area contributed by atoms with Gasteiger partial charge in [0.2, 0.25) is 5.91 Å². The average Bonchev–Trinajstić information content (AvgIpc) is 2.68. The first-order valence-corrected chi connectivity index (χ1v) is 5.13. The Bertz CT molecular complexity index is 294. The van der Waals surface area contributed by atoms with Gasteiger partial charge in [-0.05, 0) is 26.3 Å². The van der Waals surface area contributed by atoms with Crippen molar-refractivity contribution >= 4 is 5.91 Å². The van der Waals surface area contributed by atoms with Crippen molar-refractivity contribution < 1.29 is 4.79 Å². The van der Waals surface area contributed by atoms with Crippen LogP contribution in [0, 0.1) is 0 Å². The lowest BCUT2D eigenvalue weighted by Crippen LogP contribution is -2.34. The number of carbonyl (C=O) groups is 1. The first-order valence-electron chi connectivity index (χ1n) is 5.13. The van der Waals surface area contributed by atoms with Gasteiger partial charge >= 0.3 is 0 Å². The summed E-state index contributed by atoms with van der Waals surface area (Å²) in [4.78, 5) is 11.6. The van der Waals surface area contributed by atoms with Gasteiger partial charge in [0.15, 0.2) is 0 Å². The lowest BCUT2D eigenvalue weighted by molar-refractivity contribution is -0.124. The van der Waals surface area contributed by atoms with E-state index in [0.717, 1.165) is 6.42 Å². The Hall–Kier alpha value is -1.36. The summed E-state index contributed by atoms with van der Waals surface area (Å²) in [6.45, 7) is 4.35. The highest BCUT2D eigenvalue weighted by molar-refractivity contribution is 5.79. The molecule has 0 saturated carbocycles. The fourth-order valence-corrected chi connectivity index (χ4v) is 1.20. The Labute approximate surface area is 89.6 Å². The third kappa shape index (κ3) is 3.71. The SMILES string of the molecule is CC(N)CCNC(=O)C(C)n1cccn1. The Morgan fingerprint density at radius 3 is 2.87 bits per heavy atom. The van der Waals surface area contributed by atoms with E-state index in [1.807, 2.05) is 13.8 Å². The van der Waals surface area contributed by atoms with Gasteiger partial charge in [-0.3, -0.25) is 9.48 Å². The molecule has 0 aliphatic carbocycles. The first kappa shape index (κ1) is 11.7. The summed E-state index contributed by atoms with van der Waals surface area (Å²) in [5, 5.41) is 6.83. The molecule has 0 bridgehead atoms. The number of nitrogens with zero attached hydrogens (tertiary/aromatic N) is 2. The highest BCUT2D eigenvalue weighted by Crippen LogP contribution is 2.02. The highest BCUT2D eigenvalue weighted by Gasteiger charge is 2.13. The maximum Gasteiger partial charge on any atom is 0.244 e. The Balaban J connectivity index is 2.34. The Kier molecular flexibility index (Phi) is 4.30.